The van der Waals surface area contributed by atoms with Crippen LogP contribution in [0, 0.1) is 26.7 Å². The number of aryl methyl sites for hydroxylation is 2. The molecule has 31 heavy (non-hydrogen) atoms. The first-order valence-electron chi connectivity index (χ1n) is 10.3. The Morgan fingerprint density at radius 1 is 0.839 bits per heavy atom. The molecule has 0 amide bonds. The lowest BCUT2D eigenvalue weighted by atomic mass is 9.88. The molecule has 0 radical (unpaired) electrons. The lowest BCUT2D eigenvalue weighted by molar-refractivity contribution is -0.137. The number of nitrogen functional groups attached to an aromatic ring is 1. The Morgan fingerprint density at radius 2 is 1.45 bits per heavy atom. The van der Waals surface area contributed by atoms with E-state index in [1.807, 2.05) is 40.7 Å². The van der Waals surface area contributed by atoms with Crippen LogP contribution in [0.4, 0.5) is 23.2 Å². The van der Waals surface area contributed by atoms with E-state index in [0.29, 0.717) is 11.1 Å². The van der Waals surface area contributed by atoms with Crippen LogP contribution in [0.5, 0.6) is 0 Å². The van der Waals surface area contributed by atoms with Gasteiger partial charge in [0.1, 0.15) is 0 Å². The molecule has 3 rings (SSSR count). The summed E-state index contributed by atoms with van der Waals surface area (Å²) >= 11 is 0. The number of hydrogen-bond acceptors (Lipinski definition) is 2. The summed E-state index contributed by atoms with van der Waals surface area (Å²) in [5.41, 5.74) is 7.65. The molecule has 0 bridgehead atoms. The molecule has 1 heterocycles. The van der Waals surface area contributed by atoms with Gasteiger partial charge < -0.3 is 5.73 Å². The molecule has 0 spiro atoms. The molecule has 0 aliphatic rings. The van der Waals surface area contributed by atoms with Crippen molar-refractivity contribution < 1.29 is 17.6 Å². The molecule has 2 N–H and O–H groups in total. The first-order chi connectivity index (χ1) is 14.6. The number of aromatic nitrogens is 1. The van der Waals surface area contributed by atoms with Crippen LogP contribution >= 0.6 is 0 Å². The zero-order valence-electron chi connectivity index (χ0n) is 19.1. The number of anilines is 1. The van der Waals surface area contributed by atoms with Crippen LogP contribution < -0.4 is 5.73 Å². The van der Waals surface area contributed by atoms with Gasteiger partial charge >= 0.3 is 6.18 Å². The molecule has 1 aromatic heterocycles. The Bertz CT molecular complexity index is 1020. The van der Waals surface area contributed by atoms with E-state index >= 15 is 0 Å². The normalized spacial score (nSPS) is 10.5. The monoisotopic (exact) mass is 434 g/mol. The van der Waals surface area contributed by atoms with Gasteiger partial charge in [0, 0.05) is 23.0 Å². The quantitative estimate of drug-likeness (QED) is 0.251. The molecule has 2 nitrogen and oxygen atoms in total. The number of rotatable bonds is 2. The lowest BCUT2D eigenvalue weighted by Crippen LogP contribution is -2.11. The van der Waals surface area contributed by atoms with Crippen molar-refractivity contribution in [2.45, 2.75) is 54.6 Å². The van der Waals surface area contributed by atoms with Gasteiger partial charge in [-0.05, 0) is 55.2 Å². The number of hydrogen-bond donors (Lipinski definition) is 1. The predicted molar refractivity (Wildman–Crippen MR) is 121 cm³/mol. The molecule has 0 saturated carbocycles. The maximum Gasteiger partial charge on any atom is 0.416 e. The molecule has 0 saturated heterocycles. The van der Waals surface area contributed by atoms with Crippen molar-refractivity contribution in [2.75, 3.05) is 5.73 Å². The van der Waals surface area contributed by atoms with Gasteiger partial charge in [0.15, 0.2) is 0 Å². The van der Waals surface area contributed by atoms with Gasteiger partial charge in [-0.3, -0.25) is 0 Å². The minimum atomic E-state index is -4.57. The summed E-state index contributed by atoms with van der Waals surface area (Å²) in [4.78, 5) is 3.70. The van der Waals surface area contributed by atoms with E-state index in [0.717, 1.165) is 11.6 Å². The Hall–Kier alpha value is -2.89. The van der Waals surface area contributed by atoms with Crippen LogP contribution in [0.15, 0.2) is 42.6 Å². The highest BCUT2D eigenvalue weighted by atomic mass is 19.4. The average molecular weight is 435 g/mol. The summed E-state index contributed by atoms with van der Waals surface area (Å²) in [5, 5.41) is 0. The molecule has 0 unspecified atom stereocenters. The van der Waals surface area contributed by atoms with Crippen molar-refractivity contribution in [1.29, 1.82) is 0 Å². The second-order valence-corrected chi connectivity index (χ2v) is 6.60. The third kappa shape index (κ3) is 5.84. The standard InChI is InChI=1S/C21H18F4N2.2C2H6/c1-11-5-4-6-14(7-11)15-9-17(21(23,24)25)13(3)19(26)18(15)16-8-12(2)10-27-20(16)22;2*1-2/h4-10H,26H2,1-3H3;2*1-2H3. The third-order valence-corrected chi connectivity index (χ3v) is 4.51. The minimum Gasteiger partial charge on any atom is -0.398 e. The summed E-state index contributed by atoms with van der Waals surface area (Å²) in [5.74, 6) is -0.777. The zero-order valence-corrected chi connectivity index (χ0v) is 19.1. The Labute approximate surface area is 182 Å². The summed E-state index contributed by atoms with van der Waals surface area (Å²) in [6, 6.07) is 9.58. The molecular weight excluding hydrogens is 404 g/mol. The molecular formula is C25H30F4N2. The molecule has 0 fully saturated rings. The molecule has 0 atom stereocenters. The lowest BCUT2D eigenvalue weighted by Gasteiger charge is -2.20. The second-order valence-electron chi connectivity index (χ2n) is 6.60. The smallest absolute Gasteiger partial charge is 0.398 e. The average Bonchev–Trinajstić information content (AvgIpc) is 2.74. The van der Waals surface area contributed by atoms with Gasteiger partial charge in [-0.1, -0.05) is 57.5 Å². The highest BCUT2D eigenvalue weighted by molar-refractivity contribution is 5.93. The van der Waals surface area contributed by atoms with E-state index < -0.39 is 17.7 Å². The SMILES string of the molecule is CC.CC.Cc1cccc(-c2cc(C(F)(F)F)c(C)c(N)c2-c2cc(C)cnc2F)c1. The van der Waals surface area contributed by atoms with Crippen LogP contribution in [-0.4, -0.2) is 4.98 Å². The van der Waals surface area contributed by atoms with Gasteiger partial charge in [0.05, 0.1) is 5.56 Å². The van der Waals surface area contributed by atoms with Gasteiger partial charge in [-0.25, -0.2) is 4.98 Å². The maximum atomic E-state index is 14.5. The molecule has 0 aliphatic carbocycles. The molecule has 0 aliphatic heterocycles. The van der Waals surface area contributed by atoms with Crippen molar-refractivity contribution in [1.82, 2.24) is 4.98 Å². The highest BCUT2D eigenvalue weighted by Crippen LogP contribution is 2.45. The number of halogens is 4. The van der Waals surface area contributed by atoms with Gasteiger partial charge in [0.2, 0.25) is 5.95 Å². The Balaban J connectivity index is 0.00000113. The van der Waals surface area contributed by atoms with Crippen molar-refractivity contribution in [3.63, 3.8) is 0 Å². The largest absolute Gasteiger partial charge is 0.416 e. The topological polar surface area (TPSA) is 38.9 Å². The van der Waals surface area contributed by atoms with E-state index in [4.69, 9.17) is 5.73 Å². The zero-order chi connectivity index (χ0) is 23.9. The van der Waals surface area contributed by atoms with Crippen LogP contribution in [0.25, 0.3) is 22.3 Å². The molecule has 3 aromatic rings. The summed E-state index contributed by atoms with van der Waals surface area (Å²) < 4.78 is 55.1. The van der Waals surface area contributed by atoms with Crippen LogP contribution in [0.1, 0.15) is 49.9 Å². The molecule has 6 heteroatoms. The number of nitrogens with zero attached hydrogens (tertiary/aromatic N) is 1. The highest BCUT2D eigenvalue weighted by Gasteiger charge is 2.35. The first-order valence-corrected chi connectivity index (χ1v) is 10.3. The van der Waals surface area contributed by atoms with Crippen LogP contribution in [0.3, 0.4) is 0 Å². The van der Waals surface area contributed by atoms with Crippen molar-refractivity contribution in [3.8, 4) is 22.3 Å². The number of nitrogens with two attached hydrogens (primary N) is 1. The fourth-order valence-corrected chi connectivity index (χ4v) is 3.16. The Morgan fingerprint density at radius 3 is 2.00 bits per heavy atom. The first kappa shape index (κ1) is 26.1. The van der Waals surface area contributed by atoms with E-state index in [9.17, 15) is 17.6 Å². The minimum absolute atomic E-state index is 0.0841. The second kappa shape index (κ2) is 10.9. The molecule has 2 aromatic carbocycles. The van der Waals surface area contributed by atoms with Crippen molar-refractivity contribution >= 4 is 5.69 Å². The maximum absolute atomic E-state index is 14.5. The van der Waals surface area contributed by atoms with Crippen molar-refractivity contribution in [2.24, 2.45) is 0 Å². The van der Waals surface area contributed by atoms with Crippen molar-refractivity contribution in [3.05, 3.63) is 70.8 Å². The van der Waals surface area contributed by atoms with Gasteiger partial charge in [0.25, 0.3) is 0 Å². The summed E-state index contributed by atoms with van der Waals surface area (Å²) in [7, 11) is 0. The van der Waals surface area contributed by atoms with Gasteiger partial charge in [-0.15, -0.1) is 0 Å². The Kier molecular flexibility index (Phi) is 9.22. The third-order valence-electron chi connectivity index (χ3n) is 4.51. The number of pyridine rings is 1. The number of benzene rings is 2. The van der Waals surface area contributed by atoms with E-state index in [1.165, 1.54) is 13.1 Å². The summed E-state index contributed by atoms with van der Waals surface area (Å²) in [6.45, 7) is 12.9. The summed E-state index contributed by atoms with van der Waals surface area (Å²) in [6.07, 6.45) is -3.21. The van der Waals surface area contributed by atoms with Crippen LogP contribution in [-0.2, 0) is 6.18 Å². The fourth-order valence-electron chi connectivity index (χ4n) is 3.16. The number of alkyl halides is 3. The van der Waals surface area contributed by atoms with E-state index in [2.05, 4.69) is 4.98 Å². The van der Waals surface area contributed by atoms with Crippen LogP contribution in [0.2, 0.25) is 0 Å². The van der Waals surface area contributed by atoms with Gasteiger partial charge in [-0.2, -0.15) is 17.6 Å². The predicted octanol–water partition coefficient (Wildman–Crippen LogP) is 8.13. The van der Waals surface area contributed by atoms with E-state index in [1.54, 1.807) is 31.2 Å². The molecule has 168 valence electrons. The fraction of sp³-hybridized carbons (Fsp3) is 0.320. The van der Waals surface area contributed by atoms with E-state index in [-0.39, 0.29) is 27.9 Å².